The molecule has 0 amide bonds. The molecule has 7 aromatic carbocycles. The number of hydrogen-bond acceptors (Lipinski definition) is 3. The molecule has 1 atom stereocenters. The van der Waals surface area contributed by atoms with E-state index in [2.05, 4.69) is 179 Å². The van der Waals surface area contributed by atoms with E-state index in [0.29, 0.717) is 11.8 Å². The normalized spacial score (nSPS) is 14.4. The van der Waals surface area contributed by atoms with E-state index < -0.39 is 8.07 Å². The minimum atomic E-state index is -2.66. The van der Waals surface area contributed by atoms with Crippen LogP contribution in [0.4, 0.5) is 5.69 Å². The Morgan fingerprint density at radius 1 is 0.567 bits per heavy atom. The van der Waals surface area contributed by atoms with E-state index in [1.54, 1.807) is 6.20 Å². The molecule has 10 rings (SSSR count). The van der Waals surface area contributed by atoms with Crippen molar-refractivity contribution in [3.63, 3.8) is 0 Å². The fourth-order valence-corrected chi connectivity index (χ4v) is 13.4. The van der Waals surface area contributed by atoms with Crippen LogP contribution in [-0.4, -0.2) is 18.4 Å². The molecule has 1 unspecified atom stereocenters. The van der Waals surface area contributed by atoms with Crippen molar-refractivity contribution in [2.75, 3.05) is 0 Å². The Balaban J connectivity index is 0.000000329. The summed E-state index contributed by atoms with van der Waals surface area (Å²) < 4.78 is 6.83. The van der Waals surface area contributed by atoms with Crippen LogP contribution in [0.2, 0.25) is 6.55 Å². The zero-order valence-corrected chi connectivity index (χ0v) is 37.9. The molecule has 0 fully saturated rings. The van der Waals surface area contributed by atoms with Crippen LogP contribution in [0.5, 0.6) is 0 Å². The van der Waals surface area contributed by atoms with Crippen molar-refractivity contribution in [3.8, 4) is 33.5 Å². The average molecular weight is 971 g/mol. The van der Waals surface area contributed by atoms with Gasteiger partial charge < -0.3 is 14.4 Å². The van der Waals surface area contributed by atoms with Gasteiger partial charge in [0.25, 0.3) is 0 Å². The average Bonchev–Trinajstić information content (AvgIpc) is 3.82. The maximum absolute atomic E-state index is 6.83. The predicted molar refractivity (Wildman–Crippen MR) is 250 cm³/mol. The molecule has 3 heterocycles. The Hall–Kier alpha value is -5.97. The molecule has 2 aromatic heterocycles. The molecule has 1 aliphatic rings. The zero-order valence-electron chi connectivity index (χ0n) is 34.5. The molecule has 3 nitrogen and oxygen atoms in total. The van der Waals surface area contributed by atoms with Gasteiger partial charge in [0.2, 0.25) is 0 Å². The van der Waals surface area contributed by atoms with E-state index in [1.165, 1.54) is 38.2 Å². The first-order valence-corrected chi connectivity index (χ1v) is 23.0. The number of nitrogens with zero attached hydrogens (tertiary/aromatic N) is 2. The molecule has 297 valence electrons. The van der Waals surface area contributed by atoms with Gasteiger partial charge in [-0.1, -0.05) is 166 Å². The van der Waals surface area contributed by atoms with Crippen LogP contribution in [0.1, 0.15) is 56.2 Å². The Labute approximate surface area is 368 Å². The number of aromatic nitrogens is 1. The SMILES string of the molecule is CC(C)c1cc(-c2ccccc2)cc(C(C)C)c1[Si]1(C)C(c2[c-]ccc3c2oc2cc(-c4ccccc4)ccc23)=Nc2ccccc21.[Ir].[c-]1ccccc1-c1ccccn1. The summed E-state index contributed by atoms with van der Waals surface area (Å²) in [4.78, 5) is 9.72. The number of aliphatic imine (C=N–C) groups is 1. The first kappa shape index (κ1) is 40.8. The molecule has 1 aliphatic heterocycles. The largest absolute Gasteiger partial charge is 0.501 e. The molecule has 5 heteroatoms. The van der Waals surface area contributed by atoms with Gasteiger partial charge in [0, 0.05) is 31.7 Å². The summed E-state index contributed by atoms with van der Waals surface area (Å²) in [6.07, 6.45) is 1.79. The summed E-state index contributed by atoms with van der Waals surface area (Å²) in [5.41, 5.74) is 13.5. The molecule has 0 aliphatic carbocycles. The van der Waals surface area contributed by atoms with Crippen molar-refractivity contribution < 1.29 is 24.5 Å². The third-order valence-corrected chi connectivity index (χ3v) is 16.0. The third-order valence-electron chi connectivity index (χ3n) is 11.6. The predicted octanol–water partition coefficient (Wildman–Crippen LogP) is 13.4. The van der Waals surface area contributed by atoms with E-state index in [4.69, 9.17) is 9.41 Å². The molecule has 0 saturated heterocycles. The summed E-state index contributed by atoms with van der Waals surface area (Å²) in [6.45, 7) is 11.9. The smallest absolute Gasteiger partial charge is 0.126 e. The molecule has 60 heavy (non-hydrogen) atoms. The zero-order chi connectivity index (χ0) is 40.5. The van der Waals surface area contributed by atoms with E-state index >= 15 is 0 Å². The van der Waals surface area contributed by atoms with Crippen LogP contribution in [-0.2, 0) is 20.1 Å². The standard InChI is InChI=1S/C44H38NOSi.C11H8N.Ir/c1-28(2)37-25-33(31-17-10-7-11-18-31)26-38(29(3)4)43(37)47(5)41-22-13-12-21-39(41)45-44(47)36-20-14-19-35-34-24-23-32(27-40(34)46-42(35)36)30-15-8-6-9-16-30;1-2-6-10(7-3-1)11-8-4-5-9-12-11;/h6-19,21-29H,1-5H3;1-6,8-9H;/q2*-1;. The number of para-hydroxylation sites is 1. The molecule has 1 radical (unpaired) electrons. The second-order valence-electron chi connectivity index (χ2n) is 16.1. The van der Waals surface area contributed by atoms with Gasteiger partial charge in [-0.2, -0.15) is 0 Å². The van der Waals surface area contributed by atoms with Crippen LogP contribution in [0, 0.1) is 12.1 Å². The van der Waals surface area contributed by atoms with Gasteiger partial charge in [0.1, 0.15) is 13.7 Å². The maximum atomic E-state index is 6.83. The Morgan fingerprint density at radius 2 is 1.22 bits per heavy atom. The first-order valence-electron chi connectivity index (χ1n) is 20.5. The molecular formula is C55H46IrN2OSi-2. The Morgan fingerprint density at radius 3 is 1.87 bits per heavy atom. The number of rotatable bonds is 7. The van der Waals surface area contributed by atoms with Crippen molar-refractivity contribution in [1.29, 1.82) is 0 Å². The summed E-state index contributed by atoms with van der Waals surface area (Å²) >= 11 is 0. The van der Waals surface area contributed by atoms with Crippen LogP contribution in [0.3, 0.4) is 0 Å². The second-order valence-corrected chi connectivity index (χ2v) is 19.8. The van der Waals surface area contributed by atoms with Crippen molar-refractivity contribution in [1.82, 2.24) is 4.98 Å². The first-order chi connectivity index (χ1) is 28.8. The fraction of sp³-hybridized carbons (Fsp3) is 0.127. The van der Waals surface area contributed by atoms with Gasteiger partial charge in [-0.05, 0) is 79.6 Å². The van der Waals surface area contributed by atoms with Crippen LogP contribution < -0.4 is 10.4 Å². The number of fused-ring (bicyclic) bond motifs is 4. The third kappa shape index (κ3) is 7.54. The summed E-state index contributed by atoms with van der Waals surface area (Å²) in [6, 6.07) is 66.3. The molecule has 0 spiro atoms. The van der Waals surface area contributed by atoms with Crippen LogP contribution in [0.15, 0.2) is 185 Å². The maximum Gasteiger partial charge on any atom is 0.126 e. The number of furan rings is 1. The fourth-order valence-electron chi connectivity index (χ4n) is 8.69. The van der Waals surface area contributed by atoms with Gasteiger partial charge in [-0.15, -0.1) is 54.1 Å². The van der Waals surface area contributed by atoms with Crippen molar-refractivity contribution >= 4 is 51.4 Å². The summed E-state index contributed by atoms with van der Waals surface area (Å²) in [7, 11) is -2.66. The van der Waals surface area contributed by atoms with Crippen molar-refractivity contribution in [2.45, 2.75) is 46.1 Å². The van der Waals surface area contributed by atoms with E-state index in [1.807, 2.05) is 42.5 Å². The van der Waals surface area contributed by atoms with E-state index in [9.17, 15) is 0 Å². The van der Waals surface area contributed by atoms with Crippen molar-refractivity contribution in [3.05, 3.63) is 205 Å². The van der Waals surface area contributed by atoms with Gasteiger partial charge >= 0.3 is 0 Å². The Kier molecular flexibility index (Phi) is 11.8. The molecule has 0 N–H and O–H groups in total. The number of hydrogen-bond donors (Lipinski definition) is 0. The van der Waals surface area contributed by atoms with Gasteiger partial charge in [0.05, 0.1) is 11.3 Å². The van der Waals surface area contributed by atoms with Crippen molar-refractivity contribution in [2.24, 2.45) is 4.99 Å². The van der Waals surface area contributed by atoms with E-state index in [0.717, 1.165) is 55.3 Å². The molecular weight excluding hydrogens is 925 g/mol. The minimum Gasteiger partial charge on any atom is -0.501 e. The number of pyridine rings is 1. The molecule has 0 saturated carbocycles. The van der Waals surface area contributed by atoms with Gasteiger partial charge in [0.15, 0.2) is 0 Å². The van der Waals surface area contributed by atoms with Crippen LogP contribution >= 0.6 is 0 Å². The number of benzene rings is 7. The second kappa shape index (κ2) is 17.3. The van der Waals surface area contributed by atoms with Crippen LogP contribution in [0.25, 0.3) is 55.4 Å². The summed E-state index contributed by atoms with van der Waals surface area (Å²) in [5.74, 6) is 0.679. The van der Waals surface area contributed by atoms with Gasteiger partial charge in [-0.25, -0.2) is 0 Å². The molecule has 0 bridgehead atoms. The minimum absolute atomic E-state index is 0. The quantitative estimate of drug-likeness (QED) is 0.118. The summed E-state index contributed by atoms with van der Waals surface area (Å²) in [5, 5.41) is 6.20. The Bertz CT molecular complexity index is 2880. The van der Waals surface area contributed by atoms with E-state index in [-0.39, 0.29) is 20.1 Å². The molecule has 9 aromatic rings. The topological polar surface area (TPSA) is 38.4 Å². The van der Waals surface area contributed by atoms with Gasteiger partial charge in [-0.3, -0.25) is 0 Å². The monoisotopic (exact) mass is 971 g/mol.